The first-order valence-electron chi connectivity index (χ1n) is 6.85. The molecule has 0 unspecified atom stereocenters. The molecule has 0 atom stereocenters. The number of H-pyrrole nitrogens is 1. The lowest BCUT2D eigenvalue weighted by Gasteiger charge is -2.05. The van der Waals surface area contributed by atoms with Crippen molar-refractivity contribution in [2.45, 2.75) is 6.54 Å². The summed E-state index contributed by atoms with van der Waals surface area (Å²) in [5, 5.41) is 4.48. The summed E-state index contributed by atoms with van der Waals surface area (Å²) < 4.78 is 5.10. The Balaban J connectivity index is 1.69. The average Bonchev–Trinajstić information content (AvgIpc) is 2.96. The number of nitrogens with one attached hydrogen (secondary N) is 2. The summed E-state index contributed by atoms with van der Waals surface area (Å²) in [6, 6.07) is 14.9. The van der Waals surface area contributed by atoms with E-state index in [4.69, 9.17) is 16.3 Å². The Morgan fingerprint density at radius 3 is 2.68 bits per heavy atom. The summed E-state index contributed by atoms with van der Waals surface area (Å²) in [6.07, 6.45) is 0. The molecule has 3 aromatic rings. The summed E-state index contributed by atoms with van der Waals surface area (Å²) in [6.45, 7) is 0.457. The van der Waals surface area contributed by atoms with Crippen molar-refractivity contribution in [2.24, 2.45) is 0 Å². The van der Waals surface area contributed by atoms with Crippen LogP contribution in [0.15, 0.2) is 48.5 Å². The summed E-state index contributed by atoms with van der Waals surface area (Å²) in [4.78, 5) is 15.3. The molecular formula is C17H15ClN2O2. The van der Waals surface area contributed by atoms with E-state index in [1.165, 1.54) is 0 Å². The molecule has 0 aliphatic rings. The van der Waals surface area contributed by atoms with Gasteiger partial charge in [-0.25, -0.2) is 0 Å². The van der Waals surface area contributed by atoms with Crippen LogP contribution in [0.3, 0.4) is 0 Å². The Kier molecular flexibility index (Phi) is 4.02. The van der Waals surface area contributed by atoms with E-state index in [1.807, 2.05) is 36.4 Å². The van der Waals surface area contributed by atoms with Crippen LogP contribution in [0.1, 0.15) is 16.1 Å². The molecule has 0 spiro atoms. The smallest absolute Gasteiger partial charge is 0.267 e. The van der Waals surface area contributed by atoms with Crippen LogP contribution in [0, 0.1) is 0 Å². The fourth-order valence-electron chi connectivity index (χ4n) is 2.24. The van der Waals surface area contributed by atoms with E-state index >= 15 is 0 Å². The number of carbonyl (C=O) groups is 1. The number of amides is 1. The second kappa shape index (κ2) is 6.12. The lowest BCUT2D eigenvalue weighted by Crippen LogP contribution is -2.22. The second-order valence-corrected chi connectivity index (χ2v) is 5.38. The molecule has 0 bridgehead atoms. The van der Waals surface area contributed by atoms with Gasteiger partial charge >= 0.3 is 0 Å². The molecule has 2 aromatic carbocycles. The molecule has 0 aliphatic heterocycles. The zero-order valence-corrected chi connectivity index (χ0v) is 12.8. The molecular weight excluding hydrogens is 300 g/mol. The first-order valence-corrected chi connectivity index (χ1v) is 7.23. The SMILES string of the molecule is COc1ccc(CNC(=O)c2cc3ccc(Cl)cc3[nH]2)cc1. The van der Waals surface area contributed by atoms with Crippen molar-refractivity contribution >= 4 is 28.4 Å². The number of aromatic nitrogens is 1. The number of ether oxygens (including phenoxy) is 1. The quantitative estimate of drug-likeness (QED) is 0.770. The van der Waals surface area contributed by atoms with E-state index in [9.17, 15) is 4.79 Å². The molecule has 0 saturated carbocycles. The Hall–Kier alpha value is -2.46. The standard InChI is InChI=1S/C17H15ClN2O2/c1-22-14-6-2-11(3-7-14)10-19-17(21)16-8-12-4-5-13(18)9-15(12)20-16/h2-9,20H,10H2,1H3,(H,19,21). The summed E-state index contributed by atoms with van der Waals surface area (Å²) in [5.41, 5.74) is 2.38. The normalized spacial score (nSPS) is 10.6. The van der Waals surface area contributed by atoms with Crippen LogP contribution in [0.4, 0.5) is 0 Å². The number of fused-ring (bicyclic) bond motifs is 1. The number of rotatable bonds is 4. The van der Waals surface area contributed by atoms with E-state index in [-0.39, 0.29) is 5.91 Å². The first kappa shape index (κ1) is 14.5. The van der Waals surface area contributed by atoms with E-state index in [0.29, 0.717) is 17.3 Å². The van der Waals surface area contributed by atoms with Crippen molar-refractivity contribution in [3.63, 3.8) is 0 Å². The van der Waals surface area contributed by atoms with Crippen molar-refractivity contribution in [1.82, 2.24) is 10.3 Å². The number of aromatic amines is 1. The van der Waals surface area contributed by atoms with Crippen LogP contribution >= 0.6 is 11.6 Å². The fourth-order valence-corrected chi connectivity index (χ4v) is 2.41. The largest absolute Gasteiger partial charge is 0.497 e. The molecule has 0 fully saturated rings. The monoisotopic (exact) mass is 314 g/mol. The number of halogens is 1. The third-order valence-electron chi connectivity index (χ3n) is 3.44. The van der Waals surface area contributed by atoms with Gasteiger partial charge in [0.1, 0.15) is 11.4 Å². The fraction of sp³-hybridized carbons (Fsp3) is 0.118. The Morgan fingerprint density at radius 1 is 1.18 bits per heavy atom. The van der Waals surface area contributed by atoms with Gasteiger partial charge in [-0.3, -0.25) is 4.79 Å². The van der Waals surface area contributed by atoms with Crippen LogP contribution < -0.4 is 10.1 Å². The Bertz CT molecular complexity index is 809. The maximum Gasteiger partial charge on any atom is 0.267 e. The highest BCUT2D eigenvalue weighted by Crippen LogP contribution is 2.20. The number of hydrogen-bond donors (Lipinski definition) is 2. The van der Waals surface area contributed by atoms with Crippen LogP contribution in [-0.4, -0.2) is 18.0 Å². The van der Waals surface area contributed by atoms with E-state index < -0.39 is 0 Å². The minimum Gasteiger partial charge on any atom is -0.497 e. The molecule has 0 radical (unpaired) electrons. The molecule has 1 amide bonds. The number of carbonyl (C=O) groups excluding carboxylic acids is 1. The predicted octanol–water partition coefficient (Wildman–Crippen LogP) is 3.76. The third kappa shape index (κ3) is 3.07. The van der Waals surface area contributed by atoms with E-state index in [2.05, 4.69) is 10.3 Å². The number of benzene rings is 2. The second-order valence-electron chi connectivity index (χ2n) is 4.95. The highest BCUT2D eigenvalue weighted by molar-refractivity contribution is 6.31. The molecule has 1 heterocycles. The van der Waals surface area contributed by atoms with Crippen molar-refractivity contribution in [1.29, 1.82) is 0 Å². The van der Waals surface area contributed by atoms with Gasteiger partial charge in [-0.05, 0) is 35.9 Å². The van der Waals surface area contributed by atoms with Crippen molar-refractivity contribution < 1.29 is 9.53 Å². The molecule has 0 saturated heterocycles. The van der Waals surface area contributed by atoms with Gasteiger partial charge in [0.05, 0.1) is 7.11 Å². The molecule has 0 aliphatic carbocycles. The Morgan fingerprint density at radius 2 is 1.95 bits per heavy atom. The van der Waals surface area contributed by atoms with Gasteiger partial charge in [-0.15, -0.1) is 0 Å². The number of methoxy groups -OCH3 is 1. The van der Waals surface area contributed by atoms with Crippen molar-refractivity contribution in [2.75, 3.05) is 7.11 Å². The van der Waals surface area contributed by atoms with Crippen molar-refractivity contribution in [3.8, 4) is 5.75 Å². The molecule has 2 N–H and O–H groups in total. The van der Waals surface area contributed by atoms with E-state index in [1.54, 1.807) is 19.2 Å². The molecule has 112 valence electrons. The summed E-state index contributed by atoms with van der Waals surface area (Å²) >= 11 is 5.94. The summed E-state index contributed by atoms with van der Waals surface area (Å²) in [7, 11) is 1.62. The average molecular weight is 315 g/mol. The van der Waals surface area contributed by atoms with E-state index in [0.717, 1.165) is 22.2 Å². The maximum absolute atomic E-state index is 12.2. The van der Waals surface area contributed by atoms with Crippen LogP contribution in [0.2, 0.25) is 5.02 Å². The predicted molar refractivity (Wildman–Crippen MR) is 87.5 cm³/mol. The molecule has 4 nitrogen and oxygen atoms in total. The molecule has 22 heavy (non-hydrogen) atoms. The van der Waals surface area contributed by atoms with Crippen molar-refractivity contribution in [3.05, 3.63) is 64.8 Å². The Labute approximate surface area is 133 Å². The highest BCUT2D eigenvalue weighted by Gasteiger charge is 2.09. The van der Waals surface area contributed by atoms with Gasteiger partial charge in [0.15, 0.2) is 0 Å². The number of hydrogen-bond acceptors (Lipinski definition) is 2. The van der Waals surface area contributed by atoms with Gasteiger partial charge in [0, 0.05) is 22.5 Å². The van der Waals surface area contributed by atoms with Crippen LogP contribution in [0.25, 0.3) is 10.9 Å². The maximum atomic E-state index is 12.2. The molecule has 3 rings (SSSR count). The van der Waals surface area contributed by atoms with Gasteiger partial charge < -0.3 is 15.0 Å². The first-order chi connectivity index (χ1) is 10.7. The highest BCUT2D eigenvalue weighted by atomic mass is 35.5. The van der Waals surface area contributed by atoms with Crippen LogP contribution in [0.5, 0.6) is 5.75 Å². The minimum atomic E-state index is -0.150. The van der Waals surface area contributed by atoms with Crippen LogP contribution in [-0.2, 0) is 6.54 Å². The van der Waals surface area contributed by atoms with Gasteiger partial charge in [-0.1, -0.05) is 29.8 Å². The van der Waals surface area contributed by atoms with Gasteiger partial charge in [-0.2, -0.15) is 0 Å². The minimum absolute atomic E-state index is 0.150. The zero-order chi connectivity index (χ0) is 15.5. The molecule has 1 aromatic heterocycles. The van der Waals surface area contributed by atoms with Gasteiger partial charge in [0.25, 0.3) is 5.91 Å². The topological polar surface area (TPSA) is 54.1 Å². The molecule has 5 heteroatoms. The van der Waals surface area contributed by atoms with Gasteiger partial charge in [0.2, 0.25) is 0 Å². The lowest BCUT2D eigenvalue weighted by atomic mass is 10.2. The lowest BCUT2D eigenvalue weighted by molar-refractivity contribution is 0.0947. The zero-order valence-electron chi connectivity index (χ0n) is 12.0. The summed E-state index contributed by atoms with van der Waals surface area (Å²) in [5.74, 6) is 0.644. The third-order valence-corrected chi connectivity index (χ3v) is 3.68.